The van der Waals surface area contributed by atoms with Crippen molar-refractivity contribution in [3.8, 4) is 0 Å². The summed E-state index contributed by atoms with van der Waals surface area (Å²) in [6.45, 7) is 0.873. The van der Waals surface area contributed by atoms with E-state index < -0.39 is 29.0 Å². The highest BCUT2D eigenvalue weighted by atomic mass is 79.9. The molecule has 0 radical (unpaired) electrons. The van der Waals surface area contributed by atoms with Gasteiger partial charge >= 0.3 is 6.18 Å². The average molecular weight is 368 g/mol. The Morgan fingerprint density at radius 3 is 2.71 bits per heavy atom. The van der Waals surface area contributed by atoms with Crippen molar-refractivity contribution in [2.75, 3.05) is 18.4 Å². The van der Waals surface area contributed by atoms with Crippen LogP contribution in [-0.4, -0.2) is 29.2 Å². The number of halogens is 5. The van der Waals surface area contributed by atoms with Gasteiger partial charge in [0, 0.05) is 18.4 Å². The summed E-state index contributed by atoms with van der Waals surface area (Å²) >= 11 is 3.34. The molecule has 1 aliphatic heterocycles. The van der Waals surface area contributed by atoms with Gasteiger partial charge in [-0.25, -0.2) is 4.39 Å². The zero-order valence-electron chi connectivity index (χ0n) is 11.1. The number of hydrogen-bond acceptors (Lipinski definition) is 1. The highest BCUT2D eigenvalue weighted by Gasteiger charge is 2.33. The largest absolute Gasteiger partial charge is 0.416 e. The number of hydrogen-bond donors (Lipinski definition) is 0. The molecular formula is C14H14BrF4NO. The first kappa shape index (κ1) is 16.3. The highest BCUT2D eigenvalue weighted by molar-refractivity contribution is 9.09. The van der Waals surface area contributed by atoms with E-state index in [1.807, 2.05) is 0 Å². The fourth-order valence-corrected chi connectivity index (χ4v) is 2.94. The van der Waals surface area contributed by atoms with Crippen molar-refractivity contribution in [1.82, 2.24) is 4.90 Å². The number of benzene rings is 1. The number of amides is 1. The molecule has 1 atom stereocenters. The molecule has 0 aliphatic carbocycles. The molecule has 7 heteroatoms. The molecule has 0 saturated carbocycles. The second-order valence-electron chi connectivity index (χ2n) is 5.11. The van der Waals surface area contributed by atoms with E-state index in [0.717, 1.165) is 12.8 Å². The van der Waals surface area contributed by atoms with Gasteiger partial charge in [0.2, 0.25) is 0 Å². The minimum atomic E-state index is -4.59. The Balaban J connectivity index is 2.26. The normalized spacial score (nSPS) is 19.7. The average Bonchev–Trinajstić information content (AvgIpc) is 2.46. The summed E-state index contributed by atoms with van der Waals surface area (Å²) in [7, 11) is 0. The van der Waals surface area contributed by atoms with Crippen molar-refractivity contribution in [3.05, 3.63) is 35.1 Å². The minimum absolute atomic E-state index is 0.247. The van der Waals surface area contributed by atoms with Crippen LogP contribution in [0.4, 0.5) is 17.6 Å². The van der Waals surface area contributed by atoms with E-state index in [9.17, 15) is 22.4 Å². The van der Waals surface area contributed by atoms with E-state index in [-0.39, 0.29) is 5.92 Å². The van der Waals surface area contributed by atoms with Crippen LogP contribution in [0.3, 0.4) is 0 Å². The molecule has 1 fully saturated rings. The van der Waals surface area contributed by atoms with Crippen LogP contribution < -0.4 is 0 Å². The molecule has 0 spiro atoms. The van der Waals surface area contributed by atoms with Crippen molar-refractivity contribution in [1.29, 1.82) is 0 Å². The fraction of sp³-hybridized carbons (Fsp3) is 0.500. The standard InChI is InChI=1S/C14H14BrF4NO/c15-7-9-2-1-5-20(8-9)13(21)11-6-10(14(17,18)19)3-4-12(11)16/h3-4,6,9H,1-2,5,7-8H2. The summed E-state index contributed by atoms with van der Waals surface area (Å²) in [6.07, 6.45) is -2.88. The molecule has 21 heavy (non-hydrogen) atoms. The van der Waals surface area contributed by atoms with E-state index in [2.05, 4.69) is 15.9 Å². The van der Waals surface area contributed by atoms with E-state index in [1.54, 1.807) is 0 Å². The van der Waals surface area contributed by atoms with Crippen molar-refractivity contribution in [3.63, 3.8) is 0 Å². The van der Waals surface area contributed by atoms with Crippen LogP contribution in [0.2, 0.25) is 0 Å². The van der Waals surface area contributed by atoms with E-state index >= 15 is 0 Å². The summed E-state index contributed by atoms with van der Waals surface area (Å²) < 4.78 is 51.7. The van der Waals surface area contributed by atoms with Gasteiger partial charge in [-0.15, -0.1) is 0 Å². The maximum absolute atomic E-state index is 13.7. The number of nitrogens with zero attached hydrogens (tertiary/aromatic N) is 1. The summed E-state index contributed by atoms with van der Waals surface area (Å²) in [5.41, 5.74) is -1.53. The quantitative estimate of drug-likeness (QED) is 0.569. The molecular weight excluding hydrogens is 354 g/mol. The van der Waals surface area contributed by atoms with Gasteiger partial charge in [-0.3, -0.25) is 4.79 Å². The molecule has 1 saturated heterocycles. The van der Waals surface area contributed by atoms with E-state index in [0.29, 0.717) is 36.6 Å². The Hall–Kier alpha value is -1.11. The predicted molar refractivity (Wildman–Crippen MR) is 73.8 cm³/mol. The molecule has 2 nitrogen and oxygen atoms in total. The smallest absolute Gasteiger partial charge is 0.338 e. The van der Waals surface area contributed by atoms with Crippen LogP contribution in [0.5, 0.6) is 0 Å². The number of carbonyl (C=O) groups excluding carboxylic acids is 1. The molecule has 1 aromatic rings. The van der Waals surface area contributed by atoms with Gasteiger partial charge in [-0.05, 0) is 37.0 Å². The third-order valence-electron chi connectivity index (χ3n) is 3.55. The van der Waals surface area contributed by atoms with Crippen molar-refractivity contribution in [2.24, 2.45) is 5.92 Å². The molecule has 1 aromatic carbocycles. The minimum Gasteiger partial charge on any atom is -0.338 e. The second-order valence-corrected chi connectivity index (χ2v) is 5.75. The first-order valence-electron chi connectivity index (χ1n) is 6.55. The third-order valence-corrected chi connectivity index (χ3v) is 4.46. The topological polar surface area (TPSA) is 20.3 Å². The first-order valence-corrected chi connectivity index (χ1v) is 7.67. The van der Waals surface area contributed by atoms with Crippen LogP contribution in [0.15, 0.2) is 18.2 Å². The zero-order valence-corrected chi connectivity index (χ0v) is 12.7. The Morgan fingerprint density at radius 2 is 2.10 bits per heavy atom. The lowest BCUT2D eigenvalue weighted by atomic mass is 9.99. The Labute approximate surface area is 128 Å². The summed E-state index contributed by atoms with van der Waals surface area (Å²) in [6, 6.07) is 1.93. The lowest BCUT2D eigenvalue weighted by Gasteiger charge is -2.32. The lowest BCUT2D eigenvalue weighted by Crippen LogP contribution is -2.40. The SMILES string of the molecule is O=C(c1cc(C(F)(F)F)ccc1F)N1CCCC(CBr)C1. The number of rotatable bonds is 2. The Bertz CT molecular complexity index is 532. The van der Waals surface area contributed by atoms with Crippen LogP contribution >= 0.6 is 15.9 Å². The number of piperidine rings is 1. The zero-order chi connectivity index (χ0) is 15.6. The Morgan fingerprint density at radius 1 is 1.38 bits per heavy atom. The fourth-order valence-electron chi connectivity index (χ4n) is 2.41. The summed E-state index contributed by atoms with van der Waals surface area (Å²) in [5.74, 6) is -1.35. The third kappa shape index (κ3) is 3.75. The lowest BCUT2D eigenvalue weighted by molar-refractivity contribution is -0.137. The van der Waals surface area contributed by atoms with Crippen LogP contribution in [0.1, 0.15) is 28.8 Å². The molecule has 1 aliphatic rings. The van der Waals surface area contributed by atoms with Gasteiger partial charge in [0.15, 0.2) is 0 Å². The highest BCUT2D eigenvalue weighted by Crippen LogP contribution is 2.31. The monoisotopic (exact) mass is 367 g/mol. The maximum Gasteiger partial charge on any atom is 0.416 e. The van der Waals surface area contributed by atoms with Gasteiger partial charge < -0.3 is 4.90 Å². The van der Waals surface area contributed by atoms with Gasteiger partial charge in [0.05, 0.1) is 11.1 Å². The van der Waals surface area contributed by atoms with Crippen LogP contribution in [0.25, 0.3) is 0 Å². The summed E-state index contributed by atoms with van der Waals surface area (Å²) in [4.78, 5) is 13.7. The predicted octanol–water partition coefficient (Wildman–Crippen LogP) is 4.09. The molecule has 116 valence electrons. The second kappa shape index (κ2) is 6.34. The van der Waals surface area contributed by atoms with Crippen molar-refractivity contribution in [2.45, 2.75) is 19.0 Å². The van der Waals surface area contributed by atoms with Gasteiger partial charge in [0.25, 0.3) is 5.91 Å². The van der Waals surface area contributed by atoms with Gasteiger partial charge in [-0.1, -0.05) is 15.9 Å². The summed E-state index contributed by atoms with van der Waals surface area (Å²) in [5, 5.41) is 0.710. The maximum atomic E-state index is 13.7. The molecule has 0 aromatic heterocycles. The molecule has 1 unspecified atom stereocenters. The molecule has 1 heterocycles. The van der Waals surface area contributed by atoms with Crippen LogP contribution in [-0.2, 0) is 6.18 Å². The molecule has 0 bridgehead atoms. The van der Waals surface area contributed by atoms with E-state index in [1.165, 1.54) is 4.90 Å². The number of carbonyl (C=O) groups is 1. The van der Waals surface area contributed by atoms with Crippen LogP contribution in [0, 0.1) is 11.7 Å². The van der Waals surface area contributed by atoms with Gasteiger partial charge in [0.1, 0.15) is 5.82 Å². The number of alkyl halides is 4. The van der Waals surface area contributed by atoms with Crippen molar-refractivity contribution < 1.29 is 22.4 Å². The molecule has 2 rings (SSSR count). The molecule has 0 N–H and O–H groups in total. The van der Waals surface area contributed by atoms with Crippen molar-refractivity contribution >= 4 is 21.8 Å². The van der Waals surface area contributed by atoms with E-state index in [4.69, 9.17) is 0 Å². The number of likely N-dealkylation sites (tertiary alicyclic amines) is 1. The first-order chi connectivity index (χ1) is 9.82. The van der Waals surface area contributed by atoms with Gasteiger partial charge in [-0.2, -0.15) is 13.2 Å². The molecule has 1 amide bonds. The Kier molecular flexibility index (Phi) is 4.91.